The molecule has 0 saturated carbocycles. The van der Waals surface area contributed by atoms with Gasteiger partial charge in [-0.25, -0.2) is 20.1 Å². The number of benzene rings is 2. The molecule has 0 fully saturated rings. The molecule has 0 aliphatic carbocycles. The van der Waals surface area contributed by atoms with E-state index in [0.29, 0.717) is 5.56 Å². The molecule has 1 heterocycles. The molecule has 0 saturated heterocycles. The first-order valence-electron chi connectivity index (χ1n) is 7.17. The molecule has 27 heavy (non-hydrogen) atoms. The highest BCUT2D eigenvalue weighted by molar-refractivity contribution is 7.89. The number of carbonyl (C=O) groups excluding carboxylic acids is 1. The maximum atomic E-state index is 12.3. The van der Waals surface area contributed by atoms with Crippen molar-refractivity contribution >= 4 is 55.9 Å². The standard InChI is InChI=1S/C15H9ClN6O3S2/c1-18-15(13(23)8-5-3-2-4-6-8)20-19-10-7-9(16)14(27(17,24)25)12-11(10)21-26-22-12/h2-7,15H,(H2,17,24,25). The number of primary sulfonamides is 1. The summed E-state index contributed by atoms with van der Waals surface area (Å²) in [6.07, 6.45) is -1.40. The predicted molar refractivity (Wildman–Crippen MR) is 99.5 cm³/mol. The van der Waals surface area contributed by atoms with Crippen LogP contribution < -0.4 is 5.14 Å². The van der Waals surface area contributed by atoms with Gasteiger partial charge < -0.3 is 0 Å². The second kappa shape index (κ2) is 7.45. The van der Waals surface area contributed by atoms with Crippen LogP contribution in [0.3, 0.4) is 0 Å². The van der Waals surface area contributed by atoms with E-state index in [4.69, 9.17) is 23.3 Å². The molecule has 136 valence electrons. The van der Waals surface area contributed by atoms with Crippen LogP contribution >= 0.6 is 23.3 Å². The molecule has 3 rings (SSSR count). The van der Waals surface area contributed by atoms with E-state index in [9.17, 15) is 13.2 Å². The van der Waals surface area contributed by atoms with Crippen LogP contribution in [0.25, 0.3) is 15.9 Å². The zero-order valence-corrected chi connectivity index (χ0v) is 15.7. The van der Waals surface area contributed by atoms with Gasteiger partial charge in [0.1, 0.15) is 21.6 Å². The van der Waals surface area contributed by atoms with Crippen LogP contribution in [0.15, 0.2) is 51.5 Å². The summed E-state index contributed by atoms with van der Waals surface area (Å²) in [5.41, 5.74) is 0.456. The zero-order valence-electron chi connectivity index (χ0n) is 13.3. The number of carbonyl (C=O) groups is 1. The topological polar surface area (TPSA) is 132 Å². The number of Topliss-reactive ketones (excluding diaryl/α,β-unsaturated/α-hetero) is 1. The second-order valence-electron chi connectivity index (χ2n) is 5.16. The molecule has 0 spiro atoms. The fourth-order valence-corrected chi connectivity index (χ4v) is 4.10. The van der Waals surface area contributed by atoms with Gasteiger partial charge in [0, 0.05) is 5.56 Å². The van der Waals surface area contributed by atoms with Crippen LogP contribution in [-0.2, 0) is 10.0 Å². The second-order valence-corrected chi connectivity index (χ2v) is 7.60. The van der Waals surface area contributed by atoms with Gasteiger partial charge in [-0.3, -0.25) is 9.64 Å². The summed E-state index contributed by atoms with van der Waals surface area (Å²) in [6, 6.07) is 9.41. The molecule has 0 bridgehead atoms. The summed E-state index contributed by atoms with van der Waals surface area (Å²) in [5.74, 6) is -0.519. The first-order chi connectivity index (χ1) is 12.8. The fourth-order valence-electron chi connectivity index (χ4n) is 2.22. The van der Waals surface area contributed by atoms with Crippen LogP contribution in [0, 0.1) is 6.57 Å². The summed E-state index contributed by atoms with van der Waals surface area (Å²) in [5, 5.41) is 12.6. The number of nitrogens with two attached hydrogens (primary N) is 1. The van der Waals surface area contributed by atoms with E-state index in [-0.39, 0.29) is 26.6 Å². The Morgan fingerprint density at radius 1 is 1.26 bits per heavy atom. The van der Waals surface area contributed by atoms with Gasteiger partial charge in [-0.15, -0.1) is 5.11 Å². The zero-order chi connectivity index (χ0) is 19.6. The summed E-state index contributed by atoms with van der Waals surface area (Å²) in [4.78, 5) is 15.2. The lowest BCUT2D eigenvalue weighted by molar-refractivity contribution is 0.0976. The highest BCUT2D eigenvalue weighted by Crippen LogP contribution is 2.35. The molecule has 0 radical (unpaired) electrons. The van der Waals surface area contributed by atoms with Gasteiger partial charge in [-0.2, -0.15) is 8.75 Å². The molecule has 0 aliphatic heterocycles. The van der Waals surface area contributed by atoms with E-state index >= 15 is 0 Å². The molecule has 2 N–H and O–H groups in total. The molecule has 1 atom stereocenters. The smallest absolute Gasteiger partial charge is 0.283 e. The number of azo groups is 1. The Balaban J connectivity index is 2.03. The third-order valence-corrected chi connectivity index (χ3v) is 5.32. The van der Waals surface area contributed by atoms with Gasteiger partial charge in [-0.05, 0) is 6.07 Å². The van der Waals surface area contributed by atoms with Crippen LogP contribution in [0.2, 0.25) is 5.02 Å². The Morgan fingerprint density at radius 2 is 1.93 bits per heavy atom. The third kappa shape index (κ3) is 3.83. The third-order valence-electron chi connectivity index (χ3n) is 3.40. The number of sulfonamides is 1. The van der Waals surface area contributed by atoms with E-state index in [1.165, 1.54) is 6.07 Å². The molecule has 1 aromatic heterocycles. The lowest BCUT2D eigenvalue weighted by Gasteiger charge is -2.04. The number of rotatable bonds is 5. The Labute approximate surface area is 162 Å². The van der Waals surface area contributed by atoms with Crippen molar-refractivity contribution in [1.82, 2.24) is 8.75 Å². The summed E-state index contributed by atoms with van der Waals surface area (Å²) >= 11 is 6.75. The molecular weight excluding hydrogens is 412 g/mol. The lowest BCUT2D eigenvalue weighted by atomic mass is 10.1. The minimum absolute atomic E-state index is 0.0438. The summed E-state index contributed by atoms with van der Waals surface area (Å²) in [6.45, 7) is 7.20. The number of hydrogen-bond donors (Lipinski definition) is 1. The van der Waals surface area contributed by atoms with Crippen molar-refractivity contribution in [2.45, 2.75) is 11.1 Å². The first-order valence-corrected chi connectivity index (χ1v) is 9.82. The largest absolute Gasteiger partial charge is 0.395 e. The van der Waals surface area contributed by atoms with E-state index < -0.39 is 22.0 Å². The van der Waals surface area contributed by atoms with Crippen molar-refractivity contribution in [3.63, 3.8) is 0 Å². The Kier molecular flexibility index (Phi) is 5.24. The first kappa shape index (κ1) is 19.0. The highest BCUT2D eigenvalue weighted by atomic mass is 35.5. The normalized spacial score (nSPS) is 12.9. The highest BCUT2D eigenvalue weighted by Gasteiger charge is 2.26. The van der Waals surface area contributed by atoms with E-state index in [1.807, 2.05) is 0 Å². The lowest BCUT2D eigenvalue weighted by Crippen LogP contribution is -2.14. The van der Waals surface area contributed by atoms with Crippen molar-refractivity contribution < 1.29 is 13.2 Å². The van der Waals surface area contributed by atoms with Gasteiger partial charge in [0.05, 0.1) is 16.8 Å². The maximum absolute atomic E-state index is 12.3. The van der Waals surface area contributed by atoms with Gasteiger partial charge in [-0.1, -0.05) is 47.0 Å². The summed E-state index contributed by atoms with van der Waals surface area (Å²) in [7, 11) is -4.13. The Bertz CT molecular complexity index is 1200. The quantitative estimate of drug-likeness (QED) is 0.384. The number of hydrogen-bond acceptors (Lipinski definition) is 8. The van der Waals surface area contributed by atoms with Crippen LogP contribution in [-0.4, -0.2) is 29.1 Å². The Hall–Kier alpha value is -2.78. The Morgan fingerprint density at radius 3 is 2.56 bits per heavy atom. The van der Waals surface area contributed by atoms with Crippen molar-refractivity contribution in [3.05, 3.63) is 58.4 Å². The van der Waals surface area contributed by atoms with Crippen molar-refractivity contribution in [1.29, 1.82) is 0 Å². The van der Waals surface area contributed by atoms with Crippen molar-refractivity contribution in [2.75, 3.05) is 0 Å². The molecule has 1 unspecified atom stereocenters. The number of fused-ring (bicyclic) bond motifs is 1. The van der Waals surface area contributed by atoms with Crippen molar-refractivity contribution in [2.24, 2.45) is 15.4 Å². The van der Waals surface area contributed by atoms with Gasteiger partial charge >= 0.3 is 6.17 Å². The molecule has 12 heteroatoms. The minimum Gasteiger partial charge on any atom is -0.283 e. The molecule has 0 aliphatic rings. The minimum atomic E-state index is -4.13. The monoisotopic (exact) mass is 420 g/mol. The van der Waals surface area contributed by atoms with Gasteiger partial charge in [0.2, 0.25) is 10.0 Å². The number of nitrogens with zero attached hydrogens (tertiary/aromatic N) is 5. The number of aromatic nitrogens is 2. The predicted octanol–water partition coefficient (Wildman–Crippen LogP) is 3.20. The average molecular weight is 421 g/mol. The van der Waals surface area contributed by atoms with Crippen LogP contribution in [0.5, 0.6) is 0 Å². The number of ketones is 1. The summed E-state index contributed by atoms with van der Waals surface area (Å²) < 4.78 is 31.3. The van der Waals surface area contributed by atoms with E-state index in [0.717, 1.165) is 11.7 Å². The molecule has 0 amide bonds. The molecular formula is C15H9ClN6O3S2. The van der Waals surface area contributed by atoms with E-state index in [1.54, 1.807) is 30.3 Å². The average Bonchev–Trinajstić information content (AvgIpc) is 3.10. The van der Waals surface area contributed by atoms with E-state index in [2.05, 4.69) is 23.8 Å². The molecule has 9 nitrogen and oxygen atoms in total. The van der Waals surface area contributed by atoms with Gasteiger partial charge in [0.15, 0.2) is 0 Å². The van der Waals surface area contributed by atoms with Gasteiger partial charge in [0.25, 0.3) is 5.78 Å². The van der Waals surface area contributed by atoms with Crippen LogP contribution in [0.1, 0.15) is 10.4 Å². The SMILES string of the molecule is [C-]#[N+]C(N=Nc1cc(Cl)c(S(N)(=O)=O)c2nsnc12)C(=O)c1ccccc1. The maximum Gasteiger partial charge on any atom is 0.395 e. The van der Waals surface area contributed by atoms with Crippen molar-refractivity contribution in [3.8, 4) is 0 Å². The molecule has 2 aromatic carbocycles. The molecule has 3 aromatic rings. The van der Waals surface area contributed by atoms with Crippen LogP contribution in [0.4, 0.5) is 5.69 Å². The number of halogens is 1. The fraction of sp³-hybridized carbons (Fsp3) is 0.0667.